The van der Waals surface area contributed by atoms with Crippen molar-refractivity contribution in [2.24, 2.45) is 0 Å². The molecule has 0 bridgehead atoms. The highest BCUT2D eigenvalue weighted by Gasteiger charge is 2.42. The normalized spacial score (nSPS) is 17.9. The fourth-order valence-electron chi connectivity index (χ4n) is 2.24. The van der Waals surface area contributed by atoms with E-state index >= 15 is 0 Å². The zero-order valence-corrected chi connectivity index (χ0v) is 12.3. The summed E-state index contributed by atoms with van der Waals surface area (Å²) in [5, 5.41) is 8.89. The van der Waals surface area contributed by atoms with Crippen LogP contribution in [0.5, 0.6) is 0 Å². The van der Waals surface area contributed by atoms with Crippen molar-refractivity contribution in [2.45, 2.75) is 48.8 Å². The number of hydrogen-bond acceptors (Lipinski definition) is 4. The molecule has 1 heterocycles. The molecule has 5 nitrogen and oxygen atoms in total. The van der Waals surface area contributed by atoms with Crippen LogP contribution < -0.4 is 4.72 Å². The lowest BCUT2D eigenvalue weighted by Crippen LogP contribution is -2.54. The number of rotatable bonds is 6. The summed E-state index contributed by atoms with van der Waals surface area (Å²) in [7, 11) is -3.61. The summed E-state index contributed by atoms with van der Waals surface area (Å²) in [6, 6.07) is 3.38. The molecule has 0 aliphatic heterocycles. The molecule has 1 aromatic heterocycles. The molecule has 1 aromatic rings. The second kappa shape index (κ2) is 5.22. The van der Waals surface area contributed by atoms with Crippen LogP contribution in [0.25, 0.3) is 0 Å². The Morgan fingerprint density at radius 1 is 1.47 bits per heavy atom. The van der Waals surface area contributed by atoms with Gasteiger partial charge in [-0.2, -0.15) is 0 Å². The predicted octanol–water partition coefficient (Wildman–Crippen LogP) is 1.99. The van der Waals surface area contributed by atoms with Gasteiger partial charge >= 0.3 is 5.97 Å². The number of carboxylic acid groups (broad SMARTS) is 1. The molecule has 0 saturated heterocycles. The molecule has 1 aliphatic carbocycles. The number of aryl methyl sites for hydroxylation is 1. The lowest BCUT2D eigenvalue weighted by Gasteiger charge is -2.40. The molecular weight excluding hydrogens is 286 g/mol. The maximum Gasteiger partial charge on any atom is 0.305 e. The molecule has 2 N–H and O–H groups in total. The first-order valence-corrected chi connectivity index (χ1v) is 8.51. The quantitative estimate of drug-likeness (QED) is 0.842. The third kappa shape index (κ3) is 3.16. The Labute approximate surface area is 116 Å². The predicted molar refractivity (Wildman–Crippen MR) is 72.9 cm³/mol. The lowest BCUT2D eigenvalue weighted by atomic mass is 9.75. The molecule has 106 valence electrons. The van der Waals surface area contributed by atoms with Gasteiger partial charge in [0.05, 0.1) is 6.42 Å². The van der Waals surface area contributed by atoms with Crippen molar-refractivity contribution >= 4 is 27.3 Å². The minimum Gasteiger partial charge on any atom is -0.481 e. The van der Waals surface area contributed by atoms with Gasteiger partial charge in [-0.3, -0.25) is 4.79 Å². The van der Waals surface area contributed by atoms with Crippen LogP contribution in [0.2, 0.25) is 0 Å². The Hall–Kier alpha value is -0.920. The molecule has 19 heavy (non-hydrogen) atoms. The summed E-state index contributed by atoms with van der Waals surface area (Å²) in [6.07, 6.45) is 2.67. The Kier molecular flexibility index (Phi) is 3.98. The molecule has 0 radical (unpaired) electrons. The molecule has 2 rings (SSSR count). The zero-order valence-electron chi connectivity index (χ0n) is 10.7. The monoisotopic (exact) mass is 303 g/mol. The first kappa shape index (κ1) is 14.5. The minimum atomic E-state index is -3.61. The van der Waals surface area contributed by atoms with E-state index in [0.717, 1.165) is 17.7 Å². The number of thiophene rings is 1. The topological polar surface area (TPSA) is 83.5 Å². The van der Waals surface area contributed by atoms with Crippen LogP contribution >= 0.6 is 11.3 Å². The molecule has 0 aromatic carbocycles. The first-order chi connectivity index (χ1) is 8.87. The Balaban J connectivity index is 2.18. The maximum absolute atomic E-state index is 12.3. The number of hydrogen-bond donors (Lipinski definition) is 2. The molecule has 1 saturated carbocycles. The van der Waals surface area contributed by atoms with Crippen LogP contribution in [0.1, 0.15) is 37.5 Å². The van der Waals surface area contributed by atoms with E-state index in [1.807, 2.05) is 6.92 Å². The van der Waals surface area contributed by atoms with Crippen molar-refractivity contribution in [3.63, 3.8) is 0 Å². The molecular formula is C12H17NO4S2. The standard InChI is InChI=1S/C12H17NO4S2/c1-2-9-4-5-11(18-9)19(16,17)13-12(6-3-7-12)8-10(14)15/h4-5,13H,2-3,6-8H2,1H3,(H,14,15). The third-order valence-electron chi connectivity index (χ3n) is 3.40. The molecule has 0 atom stereocenters. The molecule has 0 unspecified atom stereocenters. The van der Waals surface area contributed by atoms with Crippen molar-refractivity contribution in [1.82, 2.24) is 4.72 Å². The Morgan fingerprint density at radius 2 is 2.16 bits per heavy atom. The van der Waals surface area contributed by atoms with Gasteiger partial charge in [-0.1, -0.05) is 6.92 Å². The van der Waals surface area contributed by atoms with Crippen molar-refractivity contribution < 1.29 is 18.3 Å². The largest absolute Gasteiger partial charge is 0.481 e. The van der Waals surface area contributed by atoms with Gasteiger partial charge in [0.15, 0.2) is 0 Å². The summed E-state index contributed by atoms with van der Waals surface area (Å²) < 4.78 is 27.4. The van der Waals surface area contributed by atoms with Crippen molar-refractivity contribution in [3.05, 3.63) is 17.0 Å². The summed E-state index contributed by atoms with van der Waals surface area (Å²) in [6.45, 7) is 1.97. The van der Waals surface area contributed by atoms with Crippen LogP contribution in [0.3, 0.4) is 0 Å². The van der Waals surface area contributed by atoms with E-state index in [1.54, 1.807) is 12.1 Å². The van der Waals surface area contributed by atoms with E-state index in [9.17, 15) is 13.2 Å². The molecule has 0 amide bonds. The van der Waals surface area contributed by atoms with E-state index in [1.165, 1.54) is 11.3 Å². The minimum absolute atomic E-state index is 0.155. The number of sulfonamides is 1. The van der Waals surface area contributed by atoms with E-state index in [4.69, 9.17) is 5.11 Å². The first-order valence-electron chi connectivity index (χ1n) is 6.21. The number of aliphatic carboxylic acids is 1. The molecule has 0 spiro atoms. The van der Waals surface area contributed by atoms with Crippen LogP contribution in [0, 0.1) is 0 Å². The lowest BCUT2D eigenvalue weighted by molar-refractivity contribution is -0.139. The third-order valence-corrected chi connectivity index (χ3v) is 6.70. The highest BCUT2D eigenvalue weighted by molar-refractivity contribution is 7.91. The summed E-state index contributed by atoms with van der Waals surface area (Å²) in [4.78, 5) is 11.8. The average molecular weight is 303 g/mol. The Bertz CT molecular complexity index is 572. The van der Waals surface area contributed by atoms with Gasteiger partial charge in [-0.15, -0.1) is 11.3 Å². The molecule has 1 fully saturated rings. The fourth-order valence-corrected chi connectivity index (χ4v) is 4.99. The van der Waals surface area contributed by atoms with Crippen LogP contribution in [-0.4, -0.2) is 25.0 Å². The van der Waals surface area contributed by atoms with Crippen LogP contribution in [0.4, 0.5) is 0 Å². The highest BCUT2D eigenvalue weighted by Crippen LogP contribution is 2.37. The van der Waals surface area contributed by atoms with Crippen molar-refractivity contribution in [3.8, 4) is 0 Å². The molecule has 1 aliphatic rings. The summed E-state index contributed by atoms with van der Waals surface area (Å²) >= 11 is 1.24. The SMILES string of the molecule is CCc1ccc(S(=O)(=O)NC2(CC(=O)O)CCC2)s1. The second-order valence-electron chi connectivity index (χ2n) is 4.88. The van der Waals surface area contributed by atoms with Crippen molar-refractivity contribution in [2.75, 3.05) is 0 Å². The highest BCUT2D eigenvalue weighted by atomic mass is 32.2. The summed E-state index contributed by atoms with van der Waals surface area (Å²) in [5.74, 6) is -0.970. The van der Waals surface area contributed by atoms with Gasteiger partial charge in [-0.25, -0.2) is 13.1 Å². The summed E-state index contributed by atoms with van der Waals surface area (Å²) in [5.41, 5.74) is -0.791. The fraction of sp³-hybridized carbons (Fsp3) is 0.583. The van der Waals surface area contributed by atoms with Gasteiger partial charge in [-0.05, 0) is 37.8 Å². The van der Waals surface area contributed by atoms with Gasteiger partial charge in [0.2, 0.25) is 0 Å². The van der Waals surface area contributed by atoms with Gasteiger partial charge in [0.25, 0.3) is 10.0 Å². The van der Waals surface area contributed by atoms with Gasteiger partial charge in [0, 0.05) is 10.4 Å². The van der Waals surface area contributed by atoms with E-state index in [2.05, 4.69) is 4.72 Å². The Morgan fingerprint density at radius 3 is 2.58 bits per heavy atom. The zero-order chi connectivity index (χ0) is 14.1. The van der Waals surface area contributed by atoms with Crippen LogP contribution in [-0.2, 0) is 21.2 Å². The van der Waals surface area contributed by atoms with Crippen molar-refractivity contribution in [1.29, 1.82) is 0 Å². The van der Waals surface area contributed by atoms with Gasteiger partial charge in [0.1, 0.15) is 4.21 Å². The van der Waals surface area contributed by atoms with Gasteiger partial charge < -0.3 is 5.11 Å². The number of carbonyl (C=O) groups is 1. The smallest absolute Gasteiger partial charge is 0.305 e. The maximum atomic E-state index is 12.3. The second-order valence-corrected chi connectivity index (χ2v) is 7.96. The average Bonchev–Trinajstić information content (AvgIpc) is 2.74. The van der Waals surface area contributed by atoms with E-state index in [-0.39, 0.29) is 10.6 Å². The number of carboxylic acids is 1. The van der Waals surface area contributed by atoms with E-state index in [0.29, 0.717) is 12.8 Å². The number of nitrogens with one attached hydrogen (secondary N) is 1. The van der Waals surface area contributed by atoms with E-state index < -0.39 is 21.5 Å². The van der Waals surface area contributed by atoms with Crippen LogP contribution in [0.15, 0.2) is 16.3 Å². The molecule has 7 heteroatoms.